The highest BCUT2D eigenvalue weighted by Gasteiger charge is 2.20. The first-order chi connectivity index (χ1) is 11.2. The van der Waals surface area contributed by atoms with E-state index in [1.807, 2.05) is 44.2 Å². The van der Waals surface area contributed by atoms with Crippen LogP contribution in [0.4, 0.5) is 0 Å². The van der Waals surface area contributed by atoms with Gasteiger partial charge in [-0.15, -0.1) is 0 Å². The van der Waals surface area contributed by atoms with Crippen LogP contribution in [-0.2, 0) is 30.7 Å². The maximum atomic E-state index is 12.0. The van der Waals surface area contributed by atoms with E-state index >= 15 is 0 Å². The quantitative estimate of drug-likeness (QED) is 0.588. The van der Waals surface area contributed by atoms with Crippen molar-refractivity contribution in [1.29, 1.82) is 0 Å². The molecular formula is C16H26N2O5S. The lowest BCUT2D eigenvalue weighted by Gasteiger charge is -2.21. The Kier molecular flexibility index (Phi) is 8.34. The van der Waals surface area contributed by atoms with Crippen molar-refractivity contribution in [3.8, 4) is 0 Å². The van der Waals surface area contributed by atoms with Crippen LogP contribution in [0.5, 0.6) is 0 Å². The zero-order valence-corrected chi connectivity index (χ0v) is 15.1. The highest BCUT2D eigenvalue weighted by molar-refractivity contribution is 7.88. The van der Waals surface area contributed by atoms with Crippen molar-refractivity contribution < 1.29 is 22.7 Å². The molecule has 3 N–H and O–H groups in total. The van der Waals surface area contributed by atoms with Gasteiger partial charge in [0.2, 0.25) is 10.0 Å². The second kappa shape index (κ2) is 9.73. The summed E-state index contributed by atoms with van der Waals surface area (Å²) in [5.41, 5.74) is 6.79. The Balaban J connectivity index is 2.50. The molecule has 1 aromatic carbocycles. The third-order valence-corrected chi connectivity index (χ3v) is 3.74. The number of carbonyl (C=O) groups excluding carboxylic acids is 1. The minimum atomic E-state index is -3.35. The Morgan fingerprint density at radius 3 is 2.42 bits per heavy atom. The zero-order chi connectivity index (χ0) is 18.2. The Bertz CT molecular complexity index is 604. The van der Waals surface area contributed by atoms with E-state index in [1.165, 1.54) is 0 Å². The van der Waals surface area contributed by atoms with E-state index < -0.39 is 28.1 Å². The number of esters is 1. The van der Waals surface area contributed by atoms with Crippen molar-refractivity contribution in [2.45, 2.75) is 38.5 Å². The fourth-order valence-corrected chi connectivity index (χ4v) is 2.50. The Hall–Kier alpha value is -1.48. The van der Waals surface area contributed by atoms with Gasteiger partial charge < -0.3 is 15.2 Å². The third kappa shape index (κ3) is 8.97. The molecule has 0 amide bonds. The summed E-state index contributed by atoms with van der Waals surface area (Å²) < 4.78 is 35.4. The minimum Gasteiger partial charge on any atom is -0.462 e. The number of ether oxygens (including phenoxy) is 2. The summed E-state index contributed by atoms with van der Waals surface area (Å²) >= 11 is 0. The maximum Gasteiger partial charge on any atom is 0.323 e. The smallest absolute Gasteiger partial charge is 0.323 e. The highest BCUT2D eigenvalue weighted by Crippen LogP contribution is 2.05. The monoisotopic (exact) mass is 358 g/mol. The van der Waals surface area contributed by atoms with E-state index in [4.69, 9.17) is 15.2 Å². The van der Waals surface area contributed by atoms with Crippen LogP contribution in [0, 0.1) is 0 Å². The lowest BCUT2D eigenvalue weighted by Crippen LogP contribution is -2.40. The summed E-state index contributed by atoms with van der Waals surface area (Å²) in [7, 11) is -3.35. The molecule has 24 heavy (non-hydrogen) atoms. The van der Waals surface area contributed by atoms with Crippen LogP contribution in [0.15, 0.2) is 30.3 Å². The van der Waals surface area contributed by atoms with Gasteiger partial charge in [-0.3, -0.25) is 4.79 Å². The number of hydrogen-bond acceptors (Lipinski definition) is 6. The molecule has 2 atom stereocenters. The summed E-state index contributed by atoms with van der Waals surface area (Å²) in [6.07, 6.45) is 0.721. The fraction of sp³-hybridized carbons (Fsp3) is 0.562. The van der Waals surface area contributed by atoms with Gasteiger partial charge in [0.25, 0.3) is 0 Å². The molecule has 136 valence electrons. The number of benzene rings is 1. The van der Waals surface area contributed by atoms with E-state index in [1.54, 1.807) is 0 Å². The Morgan fingerprint density at radius 1 is 1.25 bits per heavy atom. The van der Waals surface area contributed by atoms with Crippen LogP contribution in [-0.4, -0.2) is 52.0 Å². The first-order valence-electron chi connectivity index (χ1n) is 7.73. The van der Waals surface area contributed by atoms with E-state index in [9.17, 15) is 13.2 Å². The molecule has 0 aliphatic heterocycles. The standard InChI is InChI=1S/C16H26N2O5S/c1-12(2)23-14(10-18-24(3,20)21)11-22-16(19)15(17)9-13-7-5-4-6-8-13/h4-8,12,14-15,18H,9-11,17H2,1-3H3/t14-,15-/m0/s1. The summed E-state index contributed by atoms with van der Waals surface area (Å²) in [4.78, 5) is 12.0. The largest absolute Gasteiger partial charge is 0.462 e. The molecule has 1 rings (SSSR count). The second-order valence-corrected chi connectivity index (χ2v) is 7.69. The van der Waals surface area contributed by atoms with Crippen LogP contribution in [0.2, 0.25) is 0 Å². The average molecular weight is 358 g/mol. The number of nitrogens with one attached hydrogen (secondary N) is 1. The molecule has 0 bridgehead atoms. The maximum absolute atomic E-state index is 12.0. The number of nitrogens with two attached hydrogens (primary N) is 1. The van der Waals surface area contributed by atoms with Gasteiger partial charge >= 0.3 is 5.97 Å². The molecule has 0 aliphatic rings. The fourth-order valence-electron chi connectivity index (χ4n) is 2.01. The second-order valence-electron chi connectivity index (χ2n) is 5.85. The predicted molar refractivity (Wildman–Crippen MR) is 91.9 cm³/mol. The van der Waals surface area contributed by atoms with Crippen LogP contribution in [0.1, 0.15) is 19.4 Å². The first kappa shape index (κ1) is 20.6. The van der Waals surface area contributed by atoms with Gasteiger partial charge in [-0.1, -0.05) is 30.3 Å². The average Bonchev–Trinajstić information content (AvgIpc) is 2.49. The van der Waals surface area contributed by atoms with Gasteiger partial charge in [-0.25, -0.2) is 13.1 Å². The van der Waals surface area contributed by atoms with Crippen molar-refractivity contribution in [3.63, 3.8) is 0 Å². The number of carbonyl (C=O) groups is 1. The molecule has 0 aliphatic carbocycles. The molecule has 0 heterocycles. The summed E-state index contributed by atoms with van der Waals surface area (Å²) in [6.45, 7) is 3.59. The molecule has 0 radical (unpaired) electrons. The normalized spacial score (nSPS) is 14.4. The molecule has 0 saturated carbocycles. The van der Waals surface area contributed by atoms with Crippen molar-refractivity contribution in [2.75, 3.05) is 19.4 Å². The van der Waals surface area contributed by atoms with Crippen LogP contribution >= 0.6 is 0 Å². The van der Waals surface area contributed by atoms with E-state index in [0.29, 0.717) is 6.42 Å². The molecule has 0 fully saturated rings. The molecule has 0 aromatic heterocycles. The zero-order valence-electron chi connectivity index (χ0n) is 14.3. The Labute approximate surface area is 143 Å². The number of hydrogen-bond donors (Lipinski definition) is 2. The molecular weight excluding hydrogens is 332 g/mol. The third-order valence-electron chi connectivity index (χ3n) is 3.05. The van der Waals surface area contributed by atoms with Gasteiger partial charge in [-0.2, -0.15) is 0 Å². The number of rotatable bonds is 10. The predicted octanol–water partition coefficient (Wildman–Crippen LogP) is 0.442. The molecule has 7 nitrogen and oxygen atoms in total. The molecule has 0 saturated heterocycles. The van der Waals surface area contributed by atoms with Crippen molar-refractivity contribution >= 4 is 16.0 Å². The topological polar surface area (TPSA) is 108 Å². The van der Waals surface area contributed by atoms with E-state index in [2.05, 4.69) is 4.72 Å². The minimum absolute atomic E-state index is 0.0260. The van der Waals surface area contributed by atoms with E-state index in [0.717, 1.165) is 11.8 Å². The van der Waals surface area contributed by atoms with Crippen LogP contribution in [0.25, 0.3) is 0 Å². The van der Waals surface area contributed by atoms with Crippen LogP contribution in [0.3, 0.4) is 0 Å². The summed E-state index contributed by atoms with van der Waals surface area (Å²) in [5, 5.41) is 0. The van der Waals surface area contributed by atoms with E-state index in [-0.39, 0.29) is 19.3 Å². The van der Waals surface area contributed by atoms with Crippen molar-refractivity contribution in [3.05, 3.63) is 35.9 Å². The van der Waals surface area contributed by atoms with Crippen molar-refractivity contribution in [2.24, 2.45) is 5.73 Å². The van der Waals surface area contributed by atoms with Crippen LogP contribution < -0.4 is 10.5 Å². The molecule has 8 heteroatoms. The van der Waals surface area contributed by atoms with Gasteiger partial charge in [0.05, 0.1) is 12.4 Å². The lowest BCUT2D eigenvalue weighted by molar-refractivity contribution is -0.150. The highest BCUT2D eigenvalue weighted by atomic mass is 32.2. The summed E-state index contributed by atoms with van der Waals surface area (Å²) in [6, 6.07) is 8.61. The number of sulfonamides is 1. The van der Waals surface area contributed by atoms with Gasteiger partial charge in [0.15, 0.2) is 0 Å². The summed E-state index contributed by atoms with van der Waals surface area (Å²) in [5.74, 6) is -0.546. The molecule has 1 aromatic rings. The van der Waals surface area contributed by atoms with Gasteiger partial charge in [-0.05, 0) is 25.8 Å². The van der Waals surface area contributed by atoms with Gasteiger partial charge in [0.1, 0.15) is 18.8 Å². The Morgan fingerprint density at radius 2 is 1.88 bits per heavy atom. The van der Waals surface area contributed by atoms with Crippen molar-refractivity contribution in [1.82, 2.24) is 4.72 Å². The van der Waals surface area contributed by atoms with Gasteiger partial charge in [0, 0.05) is 6.54 Å². The molecule has 0 spiro atoms. The SMILES string of the molecule is CC(C)O[C@@H](CNS(C)(=O)=O)COC(=O)[C@@H](N)Cc1ccccc1. The lowest BCUT2D eigenvalue weighted by atomic mass is 10.1. The first-order valence-corrected chi connectivity index (χ1v) is 9.62. The molecule has 0 unspecified atom stereocenters.